The molecule has 0 heterocycles. The molecule has 0 aliphatic heterocycles. The molecule has 0 saturated heterocycles. The normalized spacial score (nSPS) is 9.67. The van der Waals surface area contributed by atoms with Crippen LogP contribution in [0.5, 0.6) is 0 Å². The van der Waals surface area contributed by atoms with Gasteiger partial charge in [0.25, 0.3) is 0 Å². The Kier molecular flexibility index (Phi) is 6.24. The molecule has 0 aromatic heterocycles. The summed E-state index contributed by atoms with van der Waals surface area (Å²) in [5.74, 6) is 0. The molecule has 0 radical (unpaired) electrons. The lowest BCUT2D eigenvalue weighted by molar-refractivity contribution is 1.46. The van der Waals surface area contributed by atoms with E-state index in [4.69, 9.17) is 11.6 Å². The third-order valence-corrected chi connectivity index (χ3v) is 3.70. The van der Waals surface area contributed by atoms with Gasteiger partial charge in [-0.25, -0.2) is 0 Å². The van der Waals surface area contributed by atoms with Gasteiger partial charge in [-0.15, -0.1) is 25.3 Å². The summed E-state index contributed by atoms with van der Waals surface area (Å²) in [7, 11) is 0. The quantitative estimate of drug-likeness (QED) is 0.482. The largest absolute Gasteiger partial charge is 0.143 e. The van der Waals surface area contributed by atoms with Gasteiger partial charge in [-0.2, -0.15) is 0 Å². The minimum absolute atomic E-state index is 0.734. The zero-order valence-corrected chi connectivity index (χ0v) is 13.8. The van der Waals surface area contributed by atoms with E-state index in [1.807, 2.05) is 54.6 Å². The van der Waals surface area contributed by atoms with E-state index in [-0.39, 0.29) is 0 Å². The molecule has 0 spiro atoms. The van der Waals surface area contributed by atoms with Crippen LogP contribution in [0.1, 0.15) is 0 Å². The summed E-state index contributed by atoms with van der Waals surface area (Å²) in [6.07, 6.45) is 0. The van der Waals surface area contributed by atoms with Crippen LogP contribution in [0.2, 0.25) is 5.02 Å². The van der Waals surface area contributed by atoms with E-state index in [0.29, 0.717) is 0 Å². The first-order valence-corrected chi connectivity index (χ1v) is 7.72. The van der Waals surface area contributed by atoms with Crippen LogP contribution in [0.3, 0.4) is 0 Å². The van der Waals surface area contributed by atoms with Crippen molar-refractivity contribution in [1.29, 1.82) is 0 Å². The third kappa shape index (κ3) is 5.16. The topological polar surface area (TPSA) is 0 Å². The predicted octanol–water partition coefficient (Wildman–Crippen LogP) is 6.27. The van der Waals surface area contributed by atoms with Gasteiger partial charge >= 0.3 is 0 Å². The summed E-state index contributed by atoms with van der Waals surface area (Å²) in [4.78, 5) is 1.92. The van der Waals surface area contributed by atoms with Crippen molar-refractivity contribution in [3.05, 3.63) is 83.9 Å². The van der Waals surface area contributed by atoms with Gasteiger partial charge in [-0.1, -0.05) is 66.2 Å². The Morgan fingerprint density at radius 2 is 1.33 bits per heavy atom. The second kappa shape index (κ2) is 8.18. The van der Waals surface area contributed by atoms with Gasteiger partial charge < -0.3 is 0 Å². The summed E-state index contributed by atoms with van der Waals surface area (Å²) in [5.41, 5.74) is 2.40. The molecule has 21 heavy (non-hydrogen) atoms. The average molecular weight is 331 g/mol. The van der Waals surface area contributed by atoms with E-state index in [2.05, 4.69) is 43.5 Å². The Hall–Kier alpha value is -1.35. The molecule has 3 aromatic rings. The summed E-state index contributed by atoms with van der Waals surface area (Å²) >= 11 is 14.1. The van der Waals surface area contributed by atoms with Crippen molar-refractivity contribution >= 4 is 36.9 Å². The highest BCUT2D eigenvalue weighted by atomic mass is 35.5. The van der Waals surface area contributed by atoms with Gasteiger partial charge in [-0.3, -0.25) is 0 Å². The molecule has 0 nitrogen and oxygen atoms in total. The first-order chi connectivity index (χ1) is 10.2. The number of thiol groups is 2. The minimum atomic E-state index is 0.734. The number of benzene rings is 3. The van der Waals surface area contributed by atoms with E-state index < -0.39 is 0 Å². The van der Waals surface area contributed by atoms with Crippen LogP contribution in [0, 0.1) is 0 Å². The van der Waals surface area contributed by atoms with Gasteiger partial charge in [-0.05, 0) is 35.4 Å². The molecule has 0 fully saturated rings. The molecule has 0 aliphatic rings. The highest BCUT2D eigenvalue weighted by Crippen LogP contribution is 2.25. The van der Waals surface area contributed by atoms with Gasteiger partial charge in [0.05, 0.1) is 0 Å². The molecule has 0 bridgehead atoms. The second-order valence-corrected chi connectivity index (χ2v) is 5.80. The van der Waals surface area contributed by atoms with Crippen molar-refractivity contribution in [3.63, 3.8) is 0 Å². The van der Waals surface area contributed by atoms with Crippen LogP contribution >= 0.6 is 36.9 Å². The third-order valence-electron chi connectivity index (χ3n) is 2.80. The monoisotopic (exact) mass is 330 g/mol. The molecule has 3 heteroatoms. The lowest BCUT2D eigenvalue weighted by Gasteiger charge is -2.03. The van der Waals surface area contributed by atoms with Gasteiger partial charge in [0.1, 0.15) is 0 Å². The molecular weight excluding hydrogens is 316 g/mol. The smallest absolute Gasteiger partial charge is 0.0417 e. The maximum absolute atomic E-state index is 5.60. The van der Waals surface area contributed by atoms with E-state index in [1.165, 1.54) is 11.1 Å². The number of hydrogen-bond donors (Lipinski definition) is 2. The Labute approximate surface area is 141 Å². The van der Waals surface area contributed by atoms with Crippen LogP contribution in [0.25, 0.3) is 11.1 Å². The summed E-state index contributed by atoms with van der Waals surface area (Å²) in [6.45, 7) is 0. The maximum Gasteiger partial charge on any atom is 0.0417 e. The molecule has 0 aliphatic carbocycles. The highest BCUT2D eigenvalue weighted by Gasteiger charge is 1.98. The minimum Gasteiger partial charge on any atom is -0.143 e. The fourth-order valence-electron chi connectivity index (χ4n) is 1.81. The van der Waals surface area contributed by atoms with Crippen LogP contribution in [-0.4, -0.2) is 0 Å². The van der Waals surface area contributed by atoms with Crippen molar-refractivity contribution < 1.29 is 0 Å². The fourth-order valence-corrected chi connectivity index (χ4v) is 2.59. The zero-order valence-electron chi connectivity index (χ0n) is 11.3. The lowest BCUT2D eigenvalue weighted by Crippen LogP contribution is -1.77. The Bertz CT molecular complexity index is 679. The Balaban J connectivity index is 0.000000173. The summed E-state index contributed by atoms with van der Waals surface area (Å²) in [5, 5.41) is 0.734. The fraction of sp³-hybridized carbons (Fsp3) is 0. The molecule has 3 aromatic carbocycles. The van der Waals surface area contributed by atoms with E-state index in [0.717, 1.165) is 14.8 Å². The number of halogens is 1. The standard InChI is InChI=1S/C12H10S.C6H5ClS/c13-12-9-5-4-8-11(12)10-6-2-1-3-7-10;7-5-2-1-3-6(8)4-5/h1-9,13H;1-4,8H. The number of rotatable bonds is 1. The van der Waals surface area contributed by atoms with Crippen LogP contribution in [-0.2, 0) is 0 Å². The molecule has 106 valence electrons. The Morgan fingerprint density at radius 1 is 0.667 bits per heavy atom. The maximum atomic E-state index is 5.60. The Morgan fingerprint density at radius 3 is 1.90 bits per heavy atom. The van der Waals surface area contributed by atoms with E-state index in [9.17, 15) is 0 Å². The van der Waals surface area contributed by atoms with Gasteiger partial charge in [0.2, 0.25) is 0 Å². The SMILES string of the molecule is Sc1cccc(Cl)c1.Sc1ccccc1-c1ccccc1. The second-order valence-electron chi connectivity index (χ2n) is 4.36. The molecule has 0 N–H and O–H groups in total. The predicted molar refractivity (Wildman–Crippen MR) is 97.8 cm³/mol. The van der Waals surface area contributed by atoms with Crippen molar-refractivity contribution in [3.8, 4) is 11.1 Å². The van der Waals surface area contributed by atoms with Crippen molar-refractivity contribution in [2.75, 3.05) is 0 Å². The van der Waals surface area contributed by atoms with Crippen LogP contribution in [0.4, 0.5) is 0 Å². The summed E-state index contributed by atoms with van der Waals surface area (Å²) < 4.78 is 0. The molecule has 3 rings (SSSR count). The average Bonchev–Trinajstić information content (AvgIpc) is 2.49. The molecular formula is C18H15ClS2. The van der Waals surface area contributed by atoms with E-state index >= 15 is 0 Å². The molecule has 0 atom stereocenters. The zero-order chi connectivity index (χ0) is 15.1. The number of hydrogen-bond acceptors (Lipinski definition) is 2. The molecule has 0 saturated carbocycles. The summed E-state index contributed by atoms with van der Waals surface area (Å²) in [6, 6.07) is 25.8. The van der Waals surface area contributed by atoms with Gasteiger partial charge in [0, 0.05) is 14.8 Å². The van der Waals surface area contributed by atoms with Crippen LogP contribution in [0.15, 0.2) is 88.7 Å². The van der Waals surface area contributed by atoms with Crippen molar-refractivity contribution in [2.45, 2.75) is 9.79 Å². The first kappa shape index (κ1) is 16.0. The van der Waals surface area contributed by atoms with Crippen molar-refractivity contribution in [1.82, 2.24) is 0 Å². The van der Waals surface area contributed by atoms with E-state index in [1.54, 1.807) is 6.07 Å². The molecule has 0 amide bonds. The van der Waals surface area contributed by atoms with Crippen molar-refractivity contribution in [2.24, 2.45) is 0 Å². The molecule has 0 unspecified atom stereocenters. The lowest BCUT2D eigenvalue weighted by atomic mass is 10.1. The van der Waals surface area contributed by atoms with Crippen LogP contribution < -0.4 is 0 Å². The highest BCUT2D eigenvalue weighted by molar-refractivity contribution is 7.80. The first-order valence-electron chi connectivity index (χ1n) is 6.45. The van der Waals surface area contributed by atoms with Gasteiger partial charge in [0.15, 0.2) is 0 Å².